The second-order valence-electron chi connectivity index (χ2n) is 2.62. The maximum Gasteiger partial charge on any atom is 0.252 e. The van der Waals surface area contributed by atoms with Crippen molar-refractivity contribution in [3.63, 3.8) is 0 Å². The number of hydrogen-bond acceptors (Lipinski definition) is 3. The van der Waals surface area contributed by atoms with Gasteiger partial charge in [0.1, 0.15) is 6.61 Å². The number of rotatable bonds is 3. The van der Waals surface area contributed by atoms with Crippen molar-refractivity contribution in [1.29, 1.82) is 0 Å². The lowest BCUT2D eigenvalue weighted by atomic mass is 10.4. The molecule has 0 unspecified atom stereocenters. The summed E-state index contributed by atoms with van der Waals surface area (Å²) in [7, 11) is 1.42. The molecule has 0 spiro atoms. The van der Waals surface area contributed by atoms with E-state index in [4.69, 9.17) is 0 Å². The maximum atomic E-state index is 10.9. The summed E-state index contributed by atoms with van der Waals surface area (Å²) in [4.78, 5) is 21.6. The molecule has 1 aliphatic carbocycles. The van der Waals surface area contributed by atoms with Crippen LogP contribution in [0.3, 0.4) is 0 Å². The van der Waals surface area contributed by atoms with Crippen LogP contribution in [0.1, 0.15) is 12.8 Å². The molecular formula is C7H11NO3. The third-order valence-electron chi connectivity index (χ3n) is 1.49. The second-order valence-corrected chi connectivity index (χ2v) is 2.62. The Morgan fingerprint density at radius 3 is 2.64 bits per heavy atom. The molecule has 0 aliphatic heterocycles. The van der Waals surface area contributed by atoms with E-state index in [2.05, 4.69) is 10.1 Å². The lowest BCUT2D eigenvalue weighted by Gasteiger charge is -2.00. The zero-order chi connectivity index (χ0) is 8.27. The maximum absolute atomic E-state index is 10.9. The van der Waals surface area contributed by atoms with E-state index < -0.39 is 0 Å². The minimum absolute atomic E-state index is 0.0432. The van der Waals surface area contributed by atoms with Gasteiger partial charge in [0.2, 0.25) is 5.91 Å². The van der Waals surface area contributed by atoms with Crippen LogP contribution in [0.15, 0.2) is 0 Å². The van der Waals surface area contributed by atoms with Gasteiger partial charge >= 0.3 is 0 Å². The molecule has 1 rings (SSSR count). The number of ether oxygens (including phenoxy) is 1. The van der Waals surface area contributed by atoms with Crippen molar-refractivity contribution >= 4 is 11.8 Å². The Bertz CT molecular complexity index is 175. The first-order valence-electron chi connectivity index (χ1n) is 3.56. The quantitative estimate of drug-likeness (QED) is 0.611. The molecule has 1 fully saturated rings. The monoisotopic (exact) mass is 157 g/mol. The van der Waals surface area contributed by atoms with Gasteiger partial charge in [-0.15, -0.1) is 0 Å². The highest BCUT2D eigenvalue weighted by Crippen LogP contribution is 2.28. The molecule has 1 N–H and O–H groups in total. The van der Waals surface area contributed by atoms with Crippen LogP contribution in [0.5, 0.6) is 0 Å². The first-order chi connectivity index (χ1) is 5.24. The van der Waals surface area contributed by atoms with Crippen molar-refractivity contribution in [2.24, 2.45) is 5.92 Å². The normalized spacial score (nSPS) is 16.1. The summed E-state index contributed by atoms with van der Waals surface area (Å²) in [5.41, 5.74) is 0. The van der Waals surface area contributed by atoms with E-state index in [0.717, 1.165) is 12.8 Å². The van der Waals surface area contributed by atoms with Crippen LogP contribution in [-0.2, 0) is 14.3 Å². The largest absolute Gasteiger partial charge is 0.375 e. The predicted molar refractivity (Wildman–Crippen MR) is 37.7 cm³/mol. The Morgan fingerprint density at radius 2 is 2.18 bits per heavy atom. The van der Waals surface area contributed by atoms with E-state index in [0.29, 0.717) is 0 Å². The minimum atomic E-state index is -0.357. The van der Waals surface area contributed by atoms with Crippen LogP contribution in [0.4, 0.5) is 0 Å². The van der Waals surface area contributed by atoms with Crippen molar-refractivity contribution in [1.82, 2.24) is 5.32 Å². The van der Waals surface area contributed by atoms with Crippen molar-refractivity contribution < 1.29 is 14.3 Å². The highest BCUT2D eigenvalue weighted by atomic mass is 16.5. The van der Waals surface area contributed by atoms with E-state index in [9.17, 15) is 9.59 Å². The Labute approximate surface area is 64.9 Å². The molecule has 62 valence electrons. The van der Waals surface area contributed by atoms with E-state index >= 15 is 0 Å². The molecule has 2 amide bonds. The van der Waals surface area contributed by atoms with Gasteiger partial charge in [0, 0.05) is 13.0 Å². The van der Waals surface area contributed by atoms with Crippen LogP contribution in [0.25, 0.3) is 0 Å². The van der Waals surface area contributed by atoms with E-state index in [1.165, 1.54) is 7.11 Å². The first-order valence-corrected chi connectivity index (χ1v) is 3.56. The standard InChI is InChI=1S/C7H11NO3/c1-11-4-6(9)8-7(10)5-2-3-5/h5H,2-4H2,1H3,(H,8,9,10). The molecule has 4 nitrogen and oxygen atoms in total. The van der Waals surface area contributed by atoms with Gasteiger partial charge < -0.3 is 4.74 Å². The zero-order valence-electron chi connectivity index (χ0n) is 6.42. The summed E-state index contributed by atoms with van der Waals surface area (Å²) >= 11 is 0. The predicted octanol–water partition coefficient (Wildman–Crippen LogP) is -0.314. The summed E-state index contributed by atoms with van der Waals surface area (Å²) < 4.78 is 4.54. The number of imide groups is 1. The summed E-state index contributed by atoms with van der Waals surface area (Å²) in [6.07, 6.45) is 1.82. The number of carbonyl (C=O) groups is 2. The molecule has 0 heterocycles. The van der Waals surface area contributed by atoms with Gasteiger partial charge in [0.05, 0.1) is 0 Å². The molecule has 0 bridgehead atoms. The van der Waals surface area contributed by atoms with Gasteiger partial charge in [-0.1, -0.05) is 0 Å². The highest BCUT2D eigenvalue weighted by Gasteiger charge is 2.30. The molecule has 0 aromatic rings. The topological polar surface area (TPSA) is 55.4 Å². The number of nitrogens with one attached hydrogen (secondary N) is 1. The summed E-state index contributed by atoms with van der Waals surface area (Å²) in [5.74, 6) is -0.438. The second kappa shape index (κ2) is 3.48. The Kier molecular flexibility index (Phi) is 2.59. The van der Waals surface area contributed by atoms with E-state index in [-0.39, 0.29) is 24.3 Å². The van der Waals surface area contributed by atoms with Crippen LogP contribution < -0.4 is 5.32 Å². The molecule has 4 heteroatoms. The van der Waals surface area contributed by atoms with Gasteiger partial charge in [0.25, 0.3) is 5.91 Å². The third kappa shape index (κ3) is 2.67. The molecule has 0 saturated heterocycles. The van der Waals surface area contributed by atoms with Crippen molar-refractivity contribution in [2.75, 3.05) is 13.7 Å². The van der Waals surface area contributed by atoms with Gasteiger partial charge in [-0.25, -0.2) is 0 Å². The van der Waals surface area contributed by atoms with Crippen molar-refractivity contribution in [3.05, 3.63) is 0 Å². The molecule has 0 atom stereocenters. The van der Waals surface area contributed by atoms with Crippen molar-refractivity contribution in [3.8, 4) is 0 Å². The minimum Gasteiger partial charge on any atom is -0.375 e. The summed E-state index contributed by atoms with van der Waals surface area (Å²) in [6, 6.07) is 0. The molecule has 11 heavy (non-hydrogen) atoms. The fraction of sp³-hybridized carbons (Fsp3) is 0.714. The summed E-state index contributed by atoms with van der Waals surface area (Å²) in [5, 5.41) is 2.24. The number of methoxy groups -OCH3 is 1. The highest BCUT2D eigenvalue weighted by molar-refractivity contribution is 5.97. The lowest BCUT2D eigenvalue weighted by molar-refractivity contribution is -0.133. The number of carbonyl (C=O) groups excluding carboxylic acids is 2. The van der Waals surface area contributed by atoms with Crippen LogP contribution >= 0.6 is 0 Å². The van der Waals surface area contributed by atoms with Gasteiger partial charge in [0.15, 0.2) is 0 Å². The zero-order valence-corrected chi connectivity index (χ0v) is 6.42. The third-order valence-corrected chi connectivity index (χ3v) is 1.49. The van der Waals surface area contributed by atoms with E-state index in [1.54, 1.807) is 0 Å². The smallest absolute Gasteiger partial charge is 0.252 e. The van der Waals surface area contributed by atoms with Crippen LogP contribution in [-0.4, -0.2) is 25.5 Å². The van der Waals surface area contributed by atoms with Gasteiger partial charge in [-0.3, -0.25) is 14.9 Å². The van der Waals surface area contributed by atoms with Gasteiger partial charge in [-0.05, 0) is 12.8 Å². The van der Waals surface area contributed by atoms with E-state index in [1.807, 2.05) is 0 Å². The SMILES string of the molecule is COCC(=O)NC(=O)C1CC1. The Hall–Kier alpha value is -0.900. The Morgan fingerprint density at radius 1 is 1.55 bits per heavy atom. The molecular weight excluding hydrogens is 146 g/mol. The first kappa shape index (κ1) is 8.20. The average molecular weight is 157 g/mol. The molecule has 0 radical (unpaired) electrons. The number of amides is 2. The molecule has 0 aromatic heterocycles. The lowest BCUT2D eigenvalue weighted by Crippen LogP contribution is -2.34. The molecule has 1 aliphatic rings. The average Bonchev–Trinajstić information content (AvgIpc) is 2.67. The summed E-state index contributed by atoms with van der Waals surface area (Å²) in [6.45, 7) is -0.0432. The number of hydrogen-bond donors (Lipinski definition) is 1. The van der Waals surface area contributed by atoms with Gasteiger partial charge in [-0.2, -0.15) is 0 Å². The van der Waals surface area contributed by atoms with Crippen molar-refractivity contribution in [2.45, 2.75) is 12.8 Å². The molecule has 1 saturated carbocycles. The van der Waals surface area contributed by atoms with Crippen LogP contribution in [0, 0.1) is 5.92 Å². The molecule has 0 aromatic carbocycles. The fourth-order valence-corrected chi connectivity index (χ4v) is 0.752. The van der Waals surface area contributed by atoms with Crippen LogP contribution in [0.2, 0.25) is 0 Å². The Balaban J connectivity index is 2.17. The fourth-order valence-electron chi connectivity index (χ4n) is 0.752.